The minimum Gasteiger partial charge on any atom is -0.507 e. The molecular weight excluding hydrogens is 315 g/mol. The molecule has 0 aliphatic rings. The number of rotatable bonds is 3. The Labute approximate surface area is 110 Å². The van der Waals surface area contributed by atoms with Crippen LogP contribution in [0.5, 0.6) is 5.75 Å². The minimum absolute atomic E-state index is 0.0156. The van der Waals surface area contributed by atoms with Crippen LogP contribution in [0, 0.1) is 0 Å². The topological polar surface area (TPSA) is 40.5 Å². The van der Waals surface area contributed by atoms with Crippen LogP contribution in [-0.2, 0) is 0 Å². The molecule has 0 aliphatic carbocycles. The summed E-state index contributed by atoms with van der Waals surface area (Å²) in [6.07, 6.45) is -4.44. The number of carbonyl (C=O) groups excluding carboxylic acids is 1. The third-order valence-corrected chi connectivity index (χ3v) is 2.90. The molecule has 0 saturated carbocycles. The van der Waals surface area contributed by atoms with Gasteiger partial charge in [0.15, 0.2) is 0 Å². The summed E-state index contributed by atoms with van der Waals surface area (Å²) in [7, 11) is 0. The van der Waals surface area contributed by atoms with Gasteiger partial charge in [0.1, 0.15) is 12.3 Å². The number of amides is 1. The Kier molecular flexibility index (Phi) is 4.61. The molecule has 0 spiro atoms. The van der Waals surface area contributed by atoms with Gasteiger partial charge >= 0.3 is 6.18 Å². The minimum atomic E-state index is -4.44. The van der Waals surface area contributed by atoms with Gasteiger partial charge in [-0.15, -0.1) is 0 Å². The zero-order valence-electron chi connectivity index (χ0n) is 9.46. The predicted octanol–water partition coefficient (Wildman–Crippen LogP) is 3.18. The highest BCUT2D eigenvalue weighted by molar-refractivity contribution is 9.10. The second-order valence-electron chi connectivity index (χ2n) is 3.60. The fourth-order valence-corrected chi connectivity index (χ4v) is 1.62. The van der Waals surface area contributed by atoms with Gasteiger partial charge in [-0.05, 0) is 41.1 Å². The van der Waals surface area contributed by atoms with Crippen molar-refractivity contribution in [1.82, 2.24) is 4.90 Å². The van der Waals surface area contributed by atoms with Crippen molar-refractivity contribution in [3.63, 3.8) is 0 Å². The maximum absolute atomic E-state index is 12.3. The van der Waals surface area contributed by atoms with Gasteiger partial charge in [0, 0.05) is 12.1 Å². The summed E-state index contributed by atoms with van der Waals surface area (Å²) >= 11 is 3.03. The zero-order chi connectivity index (χ0) is 13.9. The molecule has 0 heterocycles. The first-order valence-electron chi connectivity index (χ1n) is 5.09. The molecule has 0 unspecified atom stereocenters. The van der Waals surface area contributed by atoms with Crippen LogP contribution in [0.3, 0.4) is 0 Å². The van der Waals surface area contributed by atoms with Gasteiger partial charge in [-0.2, -0.15) is 13.2 Å². The zero-order valence-corrected chi connectivity index (χ0v) is 11.0. The number of carbonyl (C=O) groups is 1. The van der Waals surface area contributed by atoms with Crippen LogP contribution in [0.2, 0.25) is 0 Å². The molecule has 18 heavy (non-hydrogen) atoms. The molecule has 100 valence electrons. The fourth-order valence-electron chi connectivity index (χ4n) is 1.37. The molecule has 3 nitrogen and oxygen atoms in total. The van der Waals surface area contributed by atoms with Gasteiger partial charge in [-0.25, -0.2) is 0 Å². The molecule has 0 saturated heterocycles. The van der Waals surface area contributed by atoms with E-state index in [-0.39, 0.29) is 17.9 Å². The van der Waals surface area contributed by atoms with Gasteiger partial charge in [-0.3, -0.25) is 4.79 Å². The Hall–Kier alpha value is -1.24. The van der Waals surface area contributed by atoms with Crippen molar-refractivity contribution in [2.24, 2.45) is 0 Å². The molecule has 7 heteroatoms. The van der Waals surface area contributed by atoms with Gasteiger partial charge in [-0.1, -0.05) is 0 Å². The lowest BCUT2D eigenvalue weighted by atomic mass is 10.2. The highest BCUT2D eigenvalue weighted by atomic mass is 79.9. The van der Waals surface area contributed by atoms with Crippen LogP contribution in [0.1, 0.15) is 17.3 Å². The maximum atomic E-state index is 12.3. The molecule has 0 aliphatic heterocycles. The van der Waals surface area contributed by atoms with E-state index in [1.54, 1.807) is 0 Å². The quantitative estimate of drug-likeness (QED) is 0.927. The number of hydrogen-bond acceptors (Lipinski definition) is 2. The third-order valence-electron chi connectivity index (χ3n) is 2.23. The van der Waals surface area contributed by atoms with Gasteiger partial charge in [0.25, 0.3) is 5.91 Å². The number of phenolic OH excluding ortho intramolecular Hbond substituents is 1. The summed E-state index contributed by atoms with van der Waals surface area (Å²) in [6, 6.07) is 3.89. The second-order valence-corrected chi connectivity index (χ2v) is 4.46. The largest absolute Gasteiger partial charge is 0.507 e. The summed E-state index contributed by atoms with van der Waals surface area (Å²) in [4.78, 5) is 12.5. The van der Waals surface area contributed by atoms with Crippen molar-refractivity contribution in [3.05, 3.63) is 28.2 Å². The fraction of sp³-hybridized carbons (Fsp3) is 0.364. The van der Waals surface area contributed by atoms with E-state index in [0.29, 0.717) is 9.37 Å². The van der Waals surface area contributed by atoms with Crippen molar-refractivity contribution < 1.29 is 23.1 Å². The summed E-state index contributed by atoms with van der Waals surface area (Å²) in [5.74, 6) is -0.957. The Morgan fingerprint density at radius 2 is 2.06 bits per heavy atom. The highest BCUT2D eigenvalue weighted by Gasteiger charge is 2.32. The van der Waals surface area contributed by atoms with E-state index in [1.165, 1.54) is 19.1 Å². The summed E-state index contributed by atoms with van der Waals surface area (Å²) in [5, 5.41) is 9.40. The van der Waals surface area contributed by atoms with Crippen molar-refractivity contribution in [2.45, 2.75) is 13.1 Å². The summed E-state index contributed by atoms with van der Waals surface area (Å²) in [5.41, 5.74) is 0.0156. The maximum Gasteiger partial charge on any atom is 0.406 e. The van der Waals surface area contributed by atoms with E-state index in [4.69, 9.17) is 0 Å². The first-order valence-corrected chi connectivity index (χ1v) is 5.88. The third kappa shape index (κ3) is 3.90. The van der Waals surface area contributed by atoms with E-state index in [2.05, 4.69) is 15.9 Å². The smallest absolute Gasteiger partial charge is 0.406 e. The number of benzene rings is 1. The monoisotopic (exact) mass is 325 g/mol. The van der Waals surface area contributed by atoms with Crippen LogP contribution in [0.15, 0.2) is 22.7 Å². The Morgan fingerprint density at radius 1 is 1.44 bits per heavy atom. The molecule has 0 radical (unpaired) electrons. The van der Waals surface area contributed by atoms with E-state index in [0.717, 1.165) is 6.07 Å². The predicted molar refractivity (Wildman–Crippen MR) is 63.4 cm³/mol. The molecule has 0 atom stereocenters. The average molecular weight is 326 g/mol. The highest BCUT2D eigenvalue weighted by Crippen LogP contribution is 2.25. The molecule has 1 N–H and O–H groups in total. The number of phenols is 1. The molecule has 1 amide bonds. The van der Waals surface area contributed by atoms with E-state index in [1.807, 2.05) is 0 Å². The lowest BCUT2D eigenvalue weighted by Gasteiger charge is -2.22. The van der Waals surface area contributed by atoms with Crippen molar-refractivity contribution in [3.8, 4) is 5.75 Å². The van der Waals surface area contributed by atoms with Crippen LogP contribution in [0.25, 0.3) is 0 Å². The molecule has 1 rings (SSSR count). The standard InChI is InChI=1S/C11H11BrF3NO2/c1-2-16(6-11(13,14)15)10(18)7-3-4-8(12)9(17)5-7/h3-5,17H,2,6H2,1H3. The average Bonchev–Trinajstić information content (AvgIpc) is 2.27. The summed E-state index contributed by atoms with van der Waals surface area (Å²) in [6.45, 7) is 0.0939. The van der Waals surface area contributed by atoms with E-state index in [9.17, 15) is 23.1 Å². The normalized spacial score (nSPS) is 11.4. The van der Waals surface area contributed by atoms with Crippen LogP contribution >= 0.6 is 15.9 Å². The van der Waals surface area contributed by atoms with Gasteiger partial charge < -0.3 is 10.0 Å². The Bertz CT molecular complexity index is 448. The molecule has 0 aromatic heterocycles. The first-order chi connectivity index (χ1) is 8.24. The summed E-state index contributed by atoms with van der Waals surface area (Å²) < 4.78 is 37.2. The lowest BCUT2D eigenvalue weighted by Crippen LogP contribution is -2.38. The van der Waals surface area contributed by atoms with Crippen LogP contribution < -0.4 is 0 Å². The van der Waals surface area contributed by atoms with E-state index >= 15 is 0 Å². The second kappa shape index (κ2) is 5.60. The molecule has 1 aromatic rings. The van der Waals surface area contributed by atoms with Crippen LogP contribution in [-0.4, -0.2) is 35.2 Å². The van der Waals surface area contributed by atoms with Crippen molar-refractivity contribution in [1.29, 1.82) is 0 Å². The van der Waals surface area contributed by atoms with Crippen LogP contribution in [0.4, 0.5) is 13.2 Å². The number of alkyl halides is 3. The molecule has 1 aromatic carbocycles. The SMILES string of the molecule is CCN(CC(F)(F)F)C(=O)c1ccc(Br)c(O)c1. The van der Waals surface area contributed by atoms with Gasteiger partial charge in [0.05, 0.1) is 4.47 Å². The first kappa shape index (κ1) is 14.8. The number of nitrogens with zero attached hydrogens (tertiary/aromatic N) is 1. The molecule has 0 bridgehead atoms. The number of hydrogen-bond donors (Lipinski definition) is 1. The number of halogens is 4. The number of aromatic hydroxyl groups is 1. The van der Waals surface area contributed by atoms with E-state index < -0.39 is 18.6 Å². The molecule has 0 fully saturated rings. The van der Waals surface area contributed by atoms with Crippen molar-refractivity contribution in [2.75, 3.05) is 13.1 Å². The van der Waals surface area contributed by atoms with Gasteiger partial charge in [0.2, 0.25) is 0 Å². The Balaban J connectivity index is 2.93. The van der Waals surface area contributed by atoms with Crippen molar-refractivity contribution >= 4 is 21.8 Å². The molecular formula is C11H11BrF3NO2. The Morgan fingerprint density at radius 3 is 2.50 bits per heavy atom. The lowest BCUT2D eigenvalue weighted by molar-refractivity contribution is -0.140.